The van der Waals surface area contributed by atoms with E-state index in [1.807, 2.05) is 0 Å². The van der Waals surface area contributed by atoms with Crippen molar-refractivity contribution in [2.45, 2.75) is 16.8 Å². The van der Waals surface area contributed by atoms with Crippen LogP contribution in [0.3, 0.4) is 0 Å². The molecule has 8 heteroatoms. The van der Waals surface area contributed by atoms with Crippen molar-refractivity contribution in [3.05, 3.63) is 65.7 Å². The number of thioether (sulfide) groups is 1. The summed E-state index contributed by atoms with van der Waals surface area (Å²) in [5.41, 5.74) is -2.33. The monoisotopic (exact) mass is 394 g/mol. The summed E-state index contributed by atoms with van der Waals surface area (Å²) < 4.78 is 36.9. The molecule has 2 rings (SSSR count). The average molecular weight is 394 g/mol. The molecule has 142 valence electrons. The number of benzene rings is 2. The van der Waals surface area contributed by atoms with Gasteiger partial charge in [0.2, 0.25) is 11.8 Å². The molecular weight excluding hydrogens is 377 g/mol. The number of hydrogen-bond donors (Lipinski definition) is 2. The SMILES string of the molecule is CNC(=O)Cc1ccc(NC(=O)/C=C/c2ccc(SC(F)(F)F)cc2)cc1. The normalized spacial score (nSPS) is 11.4. The Bertz CT molecular complexity index is 816. The smallest absolute Gasteiger partial charge is 0.359 e. The number of carbonyl (C=O) groups excluding carboxylic acids is 2. The van der Waals surface area contributed by atoms with E-state index in [1.54, 1.807) is 31.3 Å². The number of alkyl halides is 3. The number of amides is 2. The zero-order chi connectivity index (χ0) is 19.9. The van der Waals surface area contributed by atoms with Crippen LogP contribution in [0.2, 0.25) is 0 Å². The van der Waals surface area contributed by atoms with E-state index in [4.69, 9.17) is 0 Å². The summed E-state index contributed by atoms with van der Waals surface area (Å²) in [7, 11) is 1.56. The lowest BCUT2D eigenvalue weighted by molar-refractivity contribution is -0.120. The second-order valence-corrected chi connectivity index (χ2v) is 6.62. The molecule has 0 aliphatic carbocycles. The lowest BCUT2D eigenvalue weighted by Gasteiger charge is -2.05. The fourth-order valence-electron chi connectivity index (χ4n) is 2.12. The highest BCUT2D eigenvalue weighted by atomic mass is 32.2. The molecule has 0 saturated heterocycles. The Balaban J connectivity index is 1.90. The van der Waals surface area contributed by atoms with Gasteiger partial charge in [0.05, 0.1) is 6.42 Å². The minimum absolute atomic E-state index is 0.0842. The highest BCUT2D eigenvalue weighted by Gasteiger charge is 2.28. The average Bonchev–Trinajstić information content (AvgIpc) is 2.61. The Hall–Kier alpha value is -2.74. The first kappa shape index (κ1) is 20.6. The third kappa shape index (κ3) is 7.57. The van der Waals surface area contributed by atoms with Crippen molar-refractivity contribution in [2.24, 2.45) is 0 Å². The van der Waals surface area contributed by atoms with Gasteiger partial charge in [-0.1, -0.05) is 24.3 Å². The molecule has 0 spiro atoms. The van der Waals surface area contributed by atoms with Gasteiger partial charge >= 0.3 is 5.51 Å². The number of carbonyl (C=O) groups is 2. The van der Waals surface area contributed by atoms with E-state index in [0.29, 0.717) is 11.3 Å². The molecule has 0 radical (unpaired) electrons. The van der Waals surface area contributed by atoms with Crippen LogP contribution in [-0.2, 0) is 16.0 Å². The molecule has 0 fully saturated rings. The molecule has 2 aromatic rings. The Morgan fingerprint density at radius 3 is 2.22 bits per heavy atom. The van der Waals surface area contributed by atoms with Crippen LogP contribution in [0, 0.1) is 0 Å². The number of hydrogen-bond acceptors (Lipinski definition) is 3. The van der Waals surface area contributed by atoms with Crippen molar-refractivity contribution in [1.82, 2.24) is 5.32 Å². The molecular formula is C19H17F3N2O2S. The molecule has 0 heterocycles. The summed E-state index contributed by atoms with van der Waals surface area (Å²) in [5.74, 6) is -0.475. The molecule has 0 bridgehead atoms. The largest absolute Gasteiger partial charge is 0.446 e. The van der Waals surface area contributed by atoms with Crippen molar-refractivity contribution < 1.29 is 22.8 Å². The molecule has 0 aliphatic heterocycles. The van der Waals surface area contributed by atoms with E-state index in [2.05, 4.69) is 10.6 Å². The summed E-state index contributed by atoms with van der Waals surface area (Å²) in [5, 5.41) is 5.20. The number of rotatable bonds is 6. The third-order valence-electron chi connectivity index (χ3n) is 3.41. The first-order valence-electron chi connectivity index (χ1n) is 7.89. The first-order chi connectivity index (χ1) is 12.7. The van der Waals surface area contributed by atoms with Gasteiger partial charge in [-0.25, -0.2) is 0 Å². The summed E-state index contributed by atoms with van der Waals surface area (Å²) in [4.78, 5) is 23.3. The van der Waals surface area contributed by atoms with Crippen LogP contribution in [0.25, 0.3) is 6.08 Å². The predicted octanol–water partition coefficient (Wildman–Crippen LogP) is 4.24. The van der Waals surface area contributed by atoms with Gasteiger partial charge in [-0.3, -0.25) is 9.59 Å². The molecule has 0 aliphatic rings. The molecule has 4 nitrogen and oxygen atoms in total. The van der Waals surface area contributed by atoms with Crippen molar-refractivity contribution in [2.75, 3.05) is 12.4 Å². The minimum atomic E-state index is -4.33. The third-order valence-corrected chi connectivity index (χ3v) is 4.15. The summed E-state index contributed by atoms with van der Waals surface area (Å²) >= 11 is -0.187. The van der Waals surface area contributed by atoms with Gasteiger partial charge in [-0.05, 0) is 53.2 Å². The van der Waals surface area contributed by atoms with E-state index in [1.165, 1.54) is 36.4 Å². The number of likely N-dealkylation sites (N-methyl/N-ethyl adjacent to an activating group) is 1. The molecule has 27 heavy (non-hydrogen) atoms. The Kier molecular flexibility index (Phi) is 7.06. The molecule has 2 N–H and O–H groups in total. The van der Waals surface area contributed by atoms with Crippen molar-refractivity contribution >= 4 is 35.3 Å². The van der Waals surface area contributed by atoms with Crippen LogP contribution >= 0.6 is 11.8 Å². The fourth-order valence-corrected chi connectivity index (χ4v) is 2.66. The number of halogens is 3. The van der Waals surface area contributed by atoms with Gasteiger partial charge < -0.3 is 10.6 Å². The second kappa shape index (κ2) is 9.27. The Morgan fingerprint density at radius 1 is 1.04 bits per heavy atom. The van der Waals surface area contributed by atoms with Crippen LogP contribution in [0.1, 0.15) is 11.1 Å². The maximum Gasteiger partial charge on any atom is 0.446 e. The van der Waals surface area contributed by atoms with Crippen LogP contribution in [0.5, 0.6) is 0 Å². The van der Waals surface area contributed by atoms with E-state index in [-0.39, 0.29) is 34.9 Å². The van der Waals surface area contributed by atoms with Crippen LogP contribution < -0.4 is 10.6 Å². The number of anilines is 1. The van der Waals surface area contributed by atoms with Crippen LogP contribution in [-0.4, -0.2) is 24.4 Å². The first-order valence-corrected chi connectivity index (χ1v) is 8.71. The topological polar surface area (TPSA) is 58.2 Å². The molecule has 0 aromatic heterocycles. The Morgan fingerprint density at radius 2 is 1.67 bits per heavy atom. The predicted molar refractivity (Wildman–Crippen MR) is 100 cm³/mol. The fraction of sp³-hybridized carbons (Fsp3) is 0.158. The van der Waals surface area contributed by atoms with Crippen LogP contribution in [0.15, 0.2) is 59.5 Å². The lowest BCUT2D eigenvalue weighted by atomic mass is 10.1. The lowest BCUT2D eigenvalue weighted by Crippen LogP contribution is -2.19. The van der Waals surface area contributed by atoms with Gasteiger partial charge in [-0.15, -0.1) is 0 Å². The van der Waals surface area contributed by atoms with Gasteiger partial charge in [0.15, 0.2) is 0 Å². The van der Waals surface area contributed by atoms with Gasteiger partial charge in [0, 0.05) is 23.7 Å². The van der Waals surface area contributed by atoms with Crippen LogP contribution in [0.4, 0.5) is 18.9 Å². The summed E-state index contributed by atoms with van der Waals surface area (Å²) in [6.07, 6.45) is 3.06. The molecule has 0 atom stereocenters. The standard InChI is InChI=1S/C19H17F3N2O2S/c1-23-18(26)12-14-2-7-15(8-3-14)24-17(25)11-6-13-4-9-16(10-5-13)27-19(20,21)22/h2-11H,12H2,1H3,(H,23,26)(H,24,25)/b11-6+. The minimum Gasteiger partial charge on any atom is -0.359 e. The van der Waals surface area contributed by atoms with E-state index in [9.17, 15) is 22.8 Å². The quantitative estimate of drug-likeness (QED) is 0.569. The second-order valence-electron chi connectivity index (χ2n) is 5.49. The molecule has 2 amide bonds. The van der Waals surface area contributed by atoms with E-state index in [0.717, 1.165) is 5.56 Å². The van der Waals surface area contributed by atoms with Crippen molar-refractivity contribution in [3.8, 4) is 0 Å². The highest BCUT2D eigenvalue weighted by molar-refractivity contribution is 8.00. The van der Waals surface area contributed by atoms with E-state index >= 15 is 0 Å². The molecule has 0 unspecified atom stereocenters. The maximum atomic E-state index is 12.3. The molecule has 0 saturated carbocycles. The summed E-state index contributed by atoms with van der Waals surface area (Å²) in [6.45, 7) is 0. The Labute approximate surface area is 158 Å². The highest BCUT2D eigenvalue weighted by Crippen LogP contribution is 2.36. The summed E-state index contributed by atoms with van der Waals surface area (Å²) in [6, 6.07) is 12.6. The van der Waals surface area contributed by atoms with Crippen molar-refractivity contribution in [1.29, 1.82) is 0 Å². The maximum absolute atomic E-state index is 12.3. The number of nitrogens with one attached hydrogen (secondary N) is 2. The van der Waals surface area contributed by atoms with Gasteiger partial charge in [-0.2, -0.15) is 13.2 Å². The van der Waals surface area contributed by atoms with E-state index < -0.39 is 5.51 Å². The van der Waals surface area contributed by atoms with Gasteiger partial charge in [0.25, 0.3) is 0 Å². The zero-order valence-corrected chi connectivity index (χ0v) is 15.2. The molecule has 2 aromatic carbocycles. The zero-order valence-electron chi connectivity index (χ0n) is 14.3. The van der Waals surface area contributed by atoms with Gasteiger partial charge in [0.1, 0.15) is 0 Å². The van der Waals surface area contributed by atoms with Crippen molar-refractivity contribution in [3.63, 3.8) is 0 Å².